The minimum Gasteiger partial charge on any atom is -0.366 e. The molecule has 28 heavy (non-hydrogen) atoms. The van der Waals surface area contributed by atoms with Crippen molar-refractivity contribution in [1.82, 2.24) is 25.5 Å². The van der Waals surface area contributed by atoms with Crippen LogP contribution >= 0.6 is 0 Å². The molecule has 146 valence electrons. The summed E-state index contributed by atoms with van der Waals surface area (Å²) in [6.07, 6.45) is 1.94. The van der Waals surface area contributed by atoms with Crippen LogP contribution < -0.4 is 10.6 Å². The highest BCUT2D eigenvalue weighted by Gasteiger charge is 2.26. The summed E-state index contributed by atoms with van der Waals surface area (Å²) in [6, 6.07) is 2.92. The van der Waals surface area contributed by atoms with Crippen LogP contribution in [0.2, 0.25) is 0 Å². The lowest BCUT2D eigenvalue weighted by Gasteiger charge is -2.13. The van der Waals surface area contributed by atoms with E-state index in [2.05, 4.69) is 30.8 Å². The number of carbonyl (C=O) groups excluding carboxylic acids is 1. The topological polar surface area (TPSA) is 95.6 Å². The summed E-state index contributed by atoms with van der Waals surface area (Å²) in [5, 5.41) is 12.6. The second-order valence-corrected chi connectivity index (χ2v) is 6.69. The van der Waals surface area contributed by atoms with Gasteiger partial charge in [0.2, 0.25) is 0 Å². The first-order chi connectivity index (χ1) is 13.5. The Morgan fingerprint density at radius 3 is 2.89 bits per heavy atom. The van der Waals surface area contributed by atoms with Gasteiger partial charge in [-0.15, -0.1) is 0 Å². The van der Waals surface area contributed by atoms with Gasteiger partial charge in [-0.1, -0.05) is 0 Å². The zero-order valence-corrected chi connectivity index (χ0v) is 14.7. The maximum atomic E-state index is 13.7. The van der Waals surface area contributed by atoms with Gasteiger partial charge in [0.1, 0.15) is 35.6 Å². The molecule has 3 aromatic rings. The van der Waals surface area contributed by atoms with Gasteiger partial charge < -0.3 is 10.6 Å². The van der Waals surface area contributed by atoms with Crippen molar-refractivity contribution in [2.45, 2.75) is 38.0 Å². The summed E-state index contributed by atoms with van der Waals surface area (Å²) < 4.78 is 40.5. The van der Waals surface area contributed by atoms with E-state index in [-0.39, 0.29) is 29.5 Å². The van der Waals surface area contributed by atoms with Crippen LogP contribution in [0.3, 0.4) is 0 Å². The standard InChI is InChI=1S/C18H17F3N6O/c19-10-2-4-13(21)9(5-10)7-22-18(28)15-14-16(23-8-24-17(14)27-26-15)25-12-3-1-11(20)6-12/h2,4-5,8,11-12H,1,3,6-7H2,(H,22,28)(H2,23,24,25,26,27)/t11-,12+/m1/s1. The molecule has 1 aliphatic carbocycles. The quantitative estimate of drug-likeness (QED) is 0.623. The number of nitrogens with one attached hydrogen (secondary N) is 3. The number of H-pyrrole nitrogens is 1. The molecular formula is C18H17F3N6O. The number of aromatic nitrogens is 4. The average molecular weight is 390 g/mol. The third kappa shape index (κ3) is 3.62. The molecule has 2 heterocycles. The molecule has 2 aromatic heterocycles. The van der Waals surface area contributed by atoms with Gasteiger partial charge in [0.05, 0.1) is 5.39 Å². The molecule has 0 bridgehead atoms. The van der Waals surface area contributed by atoms with Crippen LogP contribution in [0.4, 0.5) is 19.0 Å². The predicted molar refractivity (Wildman–Crippen MR) is 95.4 cm³/mol. The zero-order valence-electron chi connectivity index (χ0n) is 14.7. The lowest BCUT2D eigenvalue weighted by Crippen LogP contribution is -2.24. The molecule has 3 N–H and O–H groups in total. The molecule has 2 atom stereocenters. The van der Waals surface area contributed by atoms with E-state index >= 15 is 0 Å². The second-order valence-electron chi connectivity index (χ2n) is 6.69. The Bertz CT molecular complexity index is 1020. The fraction of sp³-hybridized carbons (Fsp3) is 0.333. The smallest absolute Gasteiger partial charge is 0.270 e. The van der Waals surface area contributed by atoms with Crippen molar-refractivity contribution in [3.05, 3.63) is 47.4 Å². The molecule has 0 unspecified atom stereocenters. The number of aromatic amines is 1. The summed E-state index contributed by atoms with van der Waals surface area (Å²) >= 11 is 0. The van der Waals surface area contributed by atoms with E-state index in [9.17, 15) is 18.0 Å². The van der Waals surface area contributed by atoms with Crippen molar-refractivity contribution in [2.24, 2.45) is 0 Å². The van der Waals surface area contributed by atoms with E-state index in [4.69, 9.17) is 0 Å². The SMILES string of the molecule is O=C(NCc1cc(F)ccc1F)c1[nH]nc2ncnc(N[C@H]3CC[C@@H](F)C3)c12. The highest BCUT2D eigenvalue weighted by atomic mass is 19.1. The molecule has 10 heteroatoms. The minimum absolute atomic E-state index is 0.0201. The van der Waals surface area contributed by atoms with Crippen LogP contribution in [-0.4, -0.2) is 38.3 Å². The number of carbonyl (C=O) groups is 1. The summed E-state index contributed by atoms with van der Waals surface area (Å²) in [6.45, 7) is -0.203. The zero-order chi connectivity index (χ0) is 19.7. The largest absolute Gasteiger partial charge is 0.366 e. The van der Waals surface area contributed by atoms with E-state index in [1.165, 1.54) is 6.33 Å². The molecule has 1 aromatic carbocycles. The van der Waals surface area contributed by atoms with E-state index in [0.29, 0.717) is 30.5 Å². The van der Waals surface area contributed by atoms with Crippen LogP contribution in [0.5, 0.6) is 0 Å². The first-order valence-electron chi connectivity index (χ1n) is 8.83. The first-order valence-corrected chi connectivity index (χ1v) is 8.83. The third-order valence-corrected chi connectivity index (χ3v) is 4.73. The number of anilines is 1. The Labute approximate surface area is 157 Å². The number of hydrogen-bond donors (Lipinski definition) is 3. The van der Waals surface area contributed by atoms with Gasteiger partial charge in [-0.25, -0.2) is 23.1 Å². The number of alkyl halides is 1. The number of nitrogens with zero attached hydrogens (tertiary/aromatic N) is 3. The summed E-state index contributed by atoms with van der Waals surface area (Å²) in [7, 11) is 0. The molecule has 1 fully saturated rings. The van der Waals surface area contributed by atoms with Crippen molar-refractivity contribution in [3.63, 3.8) is 0 Å². The van der Waals surface area contributed by atoms with Gasteiger partial charge in [-0.05, 0) is 37.5 Å². The molecule has 0 radical (unpaired) electrons. The Kier molecular flexibility index (Phi) is 4.84. The predicted octanol–water partition coefficient (Wildman–Crippen LogP) is 2.86. The number of amides is 1. The summed E-state index contributed by atoms with van der Waals surface area (Å²) in [4.78, 5) is 20.8. The second kappa shape index (κ2) is 7.45. The van der Waals surface area contributed by atoms with Gasteiger partial charge >= 0.3 is 0 Å². The Morgan fingerprint density at radius 2 is 2.11 bits per heavy atom. The van der Waals surface area contributed by atoms with Crippen molar-refractivity contribution in [3.8, 4) is 0 Å². The molecule has 1 aliphatic rings. The van der Waals surface area contributed by atoms with E-state index in [1.54, 1.807) is 0 Å². The van der Waals surface area contributed by atoms with Crippen LogP contribution in [0.1, 0.15) is 35.3 Å². The number of rotatable bonds is 5. The Hall–Kier alpha value is -3.17. The molecule has 1 saturated carbocycles. The lowest BCUT2D eigenvalue weighted by atomic mass is 10.2. The molecule has 1 amide bonds. The van der Waals surface area contributed by atoms with Gasteiger partial charge in [-0.2, -0.15) is 5.10 Å². The highest BCUT2D eigenvalue weighted by molar-refractivity contribution is 6.07. The number of halogens is 3. The molecular weight excluding hydrogens is 373 g/mol. The summed E-state index contributed by atoms with van der Waals surface area (Å²) in [5.41, 5.74) is 0.380. The minimum atomic E-state index is -0.858. The molecule has 0 spiro atoms. The highest BCUT2D eigenvalue weighted by Crippen LogP contribution is 2.28. The maximum absolute atomic E-state index is 13.7. The van der Waals surface area contributed by atoms with E-state index in [1.807, 2.05) is 0 Å². The molecule has 0 aliphatic heterocycles. The van der Waals surface area contributed by atoms with E-state index < -0.39 is 23.7 Å². The number of fused-ring (bicyclic) bond motifs is 1. The van der Waals surface area contributed by atoms with Crippen LogP contribution in [0.15, 0.2) is 24.5 Å². The normalized spacial score (nSPS) is 19.1. The van der Waals surface area contributed by atoms with Crippen molar-refractivity contribution < 1.29 is 18.0 Å². The average Bonchev–Trinajstić information content (AvgIpc) is 3.29. The van der Waals surface area contributed by atoms with E-state index in [0.717, 1.165) is 18.2 Å². The van der Waals surface area contributed by atoms with Gasteiger partial charge in [0.25, 0.3) is 5.91 Å². The van der Waals surface area contributed by atoms with Crippen LogP contribution in [0, 0.1) is 11.6 Å². The van der Waals surface area contributed by atoms with Crippen LogP contribution in [-0.2, 0) is 6.54 Å². The fourth-order valence-electron chi connectivity index (χ4n) is 3.32. The first kappa shape index (κ1) is 18.2. The fourth-order valence-corrected chi connectivity index (χ4v) is 3.32. The van der Waals surface area contributed by atoms with Crippen LogP contribution in [0.25, 0.3) is 11.0 Å². The third-order valence-electron chi connectivity index (χ3n) is 4.73. The molecule has 0 saturated heterocycles. The van der Waals surface area contributed by atoms with Gasteiger partial charge in [0.15, 0.2) is 5.65 Å². The summed E-state index contributed by atoms with van der Waals surface area (Å²) in [5.74, 6) is -1.41. The van der Waals surface area contributed by atoms with Gasteiger partial charge in [0, 0.05) is 18.2 Å². The monoisotopic (exact) mass is 390 g/mol. The molecule has 7 nitrogen and oxygen atoms in total. The molecule has 4 rings (SSSR count). The van der Waals surface area contributed by atoms with Crippen molar-refractivity contribution >= 4 is 22.8 Å². The number of hydrogen-bond acceptors (Lipinski definition) is 5. The van der Waals surface area contributed by atoms with Crippen molar-refractivity contribution in [1.29, 1.82) is 0 Å². The van der Waals surface area contributed by atoms with Crippen molar-refractivity contribution in [2.75, 3.05) is 5.32 Å². The maximum Gasteiger partial charge on any atom is 0.270 e. The lowest BCUT2D eigenvalue weighted by molar-refractivity contribution is 0.0947. The Balaban J connectivity index is 1.56. The van der Waals surface area contributed by atoms with Gasteiger partial charge in [-0.3, -0.25) is 9.89 Å². The number of benzene rings is 1. The Morgan fingerprint density at radius 1 is 1.25 bits per heavy atom.